The third kappa shape index (κ3) is 3.58. The molecule has 0 radical (unpaired) electrons. The molecule has 0 spiro atoms. The van der Waals surface area contributed by atoms with Crippen LogP contribution in [-0.4, -0.2) is 57.7 Å². The predicted molar refractivity (Wildman–Crippen MR) is 89.9 cm³/mol. The fraction of sp³-hybridized carbons (Fsp3) is 0.647. The highest BCUT2D eigenvalue weighted by Gasteiger charge is 2.32. The van der Waals surface area contributed by atoms with Crippen molar-refractivity contribution >= 4 is 5.91 Å². The molecule has 3 heterocycles. The Balaban J connectivity index is 1.73. The standard InChI is InChI=1S/C17H25N5O3/c1-5-13-12(15(6-2)24-20-13)9-16(23)22-8-7-21(4)14(10-22)17-18-11(3)19-25-17/h14H,5-10H2,1-4H3/t14-/m0/s1. The van der Waals surface area contributed by atoms with E-state index in [1.807, 2.05) is 25.8 Å². The van der Waals surface area contributed by atoms with Crippen molar-refractivity contribution in [1.29, 1.82) is 0 Å². The van der Waals surface area contributed by atoms with Crippen LogP contribution >= 0.6 is 0 Å². The summed E-state index contributed by atoms with van der Waals surface area (Å²) in [6.45, 7) is 7.83. The number of aryl methyl sites for hydroxylation is 3. The van der Waals surface area contributed by atoms with Gasteiger partial charge in [-0.2, -0.15) is 4.98 Å². The van der Waals surface area contributed by atoms with E-state index in [1.54, 1.807) is 6.92 Å². The molecule has 2 aromatic heterocycles. The van der Waals surface area contributed by atoms with E-state index in [2.05, 4.69) is 20.2 Å². The van der Waals surface area contributed by atoms with Crippen LogP contribution in [0.4, 0.5) is 0 Å². The van der Waals surface area contributed by atoms with Crippen LogP contribution in [0.2, 0.25) is 0 Å². The Hall–Kier alpha value is -2.22. The van der Waals surface area contributed by atoms with Gasteiger partial charge in [0, 0.05) is 31.6 Å². The first-order valence-corrected chi connectivity index (χ1v) is 8.78. The second-order valence-electron chi connectivity index (χ2n) is 6.43. The van der Waals surface area contributed by atoms with E-state index in [1.165, 1.54) is 0 Å². The van der Waals surface area contributed by atoms with Gasteiger partial charge in [-0.05, 0) is 20.4 Å². The van der Waals surface area contributed by atoms with Crippen LogP contribution in [0, 0.1) is 6.92 Å². The number of nitrogens with zero attached hydrogens (tertiary/aromatic N) is 5. The zero-order valence-electron chi connectivity index (χ0n) is 15.3. The Kier molecular flexibility index (Phi) is 5.17. The van der Waals surface area contributed by atoms with Crippen molar-refractivity contribution in [2.45, 2.75) is 46.1 Å². The number of amides is 1. The second kappa shape index (κ2) is 7.35. The Labute approximate surface area is 147 Å². The van der Waals surface area contributed by atoms with Gasteiger partial charge in [0.1, 0.15) is 11.8 Å². The van der Waals surface area contributed by atoms with Crippen LogP contribution in [0.15, 0.2) is 9.05 Å². The van der Waals surface area contributed by atoms with Crippen molar-refractivity contribution in [2.24, 2.45) is 0 Å². The molecule has 1 aliphatic heterocycles. The normalized spacial score (nSPS) is 18.7. The van der Waals surface area contributed by atoms with Crippen LogP contribution < -0.4 is 0 Å². The smallest absolute Gasteiger partial charge is 0.245 e. The summed E-state index contributed by atoms with van der Waals surface area (Å²) in [6, 6.07) is -0.0716. The molecule has 25 heavy (non-hydrogen) atoms. The summed E-state index contributed by atoms with van der Waals surface area (Å²) >= 11 is 0. The lowest BCUT2D eigenvalue weighted by Gasteiger charge is -2.37. The molecule has 8 heteroatoms. The second-order valence-corrected chi connectivity index (χ2v) is 6.43. The van der Waals surface area contributed by atoms with Crippen LogP contribution in [0.5, 0.6) is 0 Å². The van der Waals surface area contributed by atoms with Crippen molar-refractivity contribution in [1.82, 2.24) is 25.1 Å². The van der Waals surface area contributed by atoms with Crippen LogP contribution in [0.3, 0.4) is 0 Å². The molecule has 1 aliphatic rings. The zero-order valence-corrected chi connectivity index (χ0v) is 15.3. The quantitative estimate of drug-likeness (QED) is 0.810. The van der Waals surface area contributed by atoms with Crippen LogP contribution in [0.25, 0.3) is 0 Å². The molecular weight excluding hydrogens is 322 g/mol. The van der Waals surface area contributed by atoms with Gasteiger partial charge in [0.2, 0.25) is 11.8 Å². The van der Waals surface area contributed by atoms with Gasteiger partial charge >= 0.3 is 0 Å². The molecule has 0 saturated carbocycles. The fourth-order valence-corrected chi connectivity index (χ4v) is 3.22. The number of piperazine rings is 1. The summed E-state index contributed by atoms with van der Waals surface area (Å²) < 4.78 is 10.7. The molecule has 3 rings (SSSR count). The van der Waals surface area contributed by atoms with Crippen LogP contribution in [-0.2, 0) is 24.1 Å². The number of hydrogen-bond donors (Lipinski definition) is 0. The first-order valence-electron chi connectivity index (χ1n) is 8.78. The molecule has 1 atom stereocenters. The number of hydrogen-bond acceptors (Lipinski definition) is 7. The Morgan fingerprint density at radius 3 is 2.64 bits per heavy atom. The first-order chi connectivity index (χ1) is 12.0. The highest BCUT2D eigenvalue weighted by Crippen LogP contribution is 2.24. The first kappa shape index (κ1) is 17.6. The van der Waals surface area contributed by atoms with E-state index >= 15 is 0 Å². The Morgan fingerprint density at radius 1 is 1.20 bits per heavy atom. The van der Waals surface area contributed by atoms with Gasteiger partial charge in [-0.15, -0.1) is 0 Å². The van der Waals surface area contributed by atoms with Gasteiger partial charge in [0.15, 0.2) is 5.82 Å². The van der Waals surface area contributed by atoms with Crippen molar-refractivity contribution in [3.8, 4) is 0 Å². The molecule has 0 N–H and O–H groups in total. The molecular formula is C17H25N5O3. The third-order valence-corrected chi connectivity index (χ3v) is 4.76. The lowest BCUT2D eigenvalue weighted by atomic mass is 10.0. The van der Waals surface area contributed by atoms with Gasteiger partial charge in [-0.3, -0.25) is 9.69 Å². The molecule has 1 saturated heterocycles. The van der Waals surface area contributed by atoms with Crippen molar-refractivity contribution in [2.75, 3.05) is 26.7 Å². The lowest BCUT2D eigenvalue weighted by Crippen LogP contribution is -2.49. The molecule has 1 amide bonds. The number of carbonyl (C=O) groups is 1. The summed E-state index contributed by atoms with van der Waals surface area (Å²) in [5.74, 6) is 2.06. The Bertz CT molecular complexity index is 717. The molecule has 2 aromatic rings. The topological polar surface area (TPSA) is 88.5 Å². The molecule has 0 aromatic carbocycles. The summed E-state index contributed by atoms with van der Waals surface area (Å²) in [7, 11) is 2.01. The maximum atomic E-state index is 12.9. The summed E-state index contributed by atoms with van der Waals surface area (Å²) in [5.41, 5.74) is 1.82. The monoisotopic (exact) mass is 347 g/mol. The number of rotatable bonds is 5. The highest BCUT2D eigenvalue weighted by atomic mass is 16.5. The van der Waals surface area contributed by atoms with Crippen LogP contribution in [0.1, 0.15) is 48.6 Å². The van der Waals surface area contributed by atoms with E-state index in [-0.39, 0.29) is 11.9 Å². The van der Waals surface area contributed by atoms with E-state index in [9.17, 15) is 4.79 Å². The van der Waals surface area contributed by atoms with Gasteiger partial charge in [0.25, 0.3) is 0 Å². The molecule has 0 unspecified atom stereocenters. The molecule has 0 aliphatic carbocycles. The summed E-state index contributed by atoms with van der Waals surface area (Å²) in [6.07, 6.45) is 1.83. The maximum absolute atomic E-state index is 12.9. The molecule has 136 valence electrons. The van der Waals surface area contributed by atoms with Crippen molar-refractivity contribution in [3.05, 3.63) is 28.7 Å². The number of aromatic nitrogens is 3. The SMILES string of the molecule is CCc1noc(CC)c1CC(=O)N1CCN(C)[C@H](c2nc(C)no2)C1. The zero-order chi connectivity index (χ0) is 18.0. The van der Waals surface area contributed by atoms with Gasteiger partial charge in [-0.25, -0.2) is 0 Å². The highest BCUT2D eigenvalue weighted by molar-refractivity contribution is 5.79. The average Bonchev–Trinajstić information content (AvgIpc) is 3.21. The van der Waals surface area contributed by atoms with E-state index in [0.717, 1.165) is 36.4 Å². The minimum Gasteiger partial charge on any atom is -0.361 e. The minimum absolute atomic E-state index is 0.0716. The molecule has 8 nitrogen and oxygen atoms in total. The lowest BCUT2D eigenvalue weighted by molar-refractivity contribution is -0.133. The molecule has 0 bridgehead atoms. The van der Waals surface area contributed by atoms with Crippen molar-refractivity contribution < 1.29 is 13.8 Å². The van der Waals surface area contributed by atoms with Crippen molar-refractivity contribution in [3.63, 3.8) is 0 Å². The largest absolute Gasteiger partial charge is 0.361 e. The number of likely N-dealkylation sites (N-methyl/N-ethyl adjacent to an activating group) is 1. The van der Waals surface area contributed by atoms with Gasteiger partial charge in [-0.1, -0.05) is 24.2 Å². The van der Waals surface area contributed by atoms with Gasteiger partial charge in [0.05, 0.1) is 12.1 Å². The third-order valence-electron chi connectivity index (χ3n) is 4.76. The predicted octanol–water partition coefficient (Wildman–Crippen LogP) is 1.55. The summed E-state index contributed by atoms with van der Waals surface area (Å²) in [5, 5.41) is 7.96. The minimum atomic E-state index is -0.0716. The number of carbonyl (C=O) groups excluding carboxylic acids is 1. The summed E-state index contributed by atoms with van der Waals surface area (Å²) in [4.78, 5) is 21.2. The average molecular weight is 347 g/mol. The van der Waals surface area contributed by atoms with Gasteiger partial charge < -0.3 is 13.9 Å². The maximum Gasteiger partial charge on any atom is 0.245 e. The van der Waals surface area contributed by atoms with E-state index in [4.69, 9.17) is 9.05 Å². The Morgan fingerprint density at radius 2 is 2.00 bits per heavy atom. The van der Waals surface area contributed by atoms with E-state index in [0.29, 0.717) is 31.2 Å². The molecule has 1 fully saturated rings. The van der Waals surface area contributed by atoms with E-state index < -0.39 is 0 Å². The fourth-order valence-electron chi connectivity index (χ4n) is 3.22.